The number of primary amides is 1. The molecule has 0 saturated heterocycles. The van der Waals surface area contributed by atoms with Crippen LogP contribution in [0.15, 0.2) is 11.1 Å². The second-order valence-corrected chi connectivity index (χ2v) is 2.79. The Kier molecular flexibility index (Phi) is 4.15. The minimum absolute atomic E-state index is 0.0370. The van der Waals surface area contributed by atoms with E-state index in [4.69, 9.17) is 17.3 Å². The Morgan fingerprint density at radius 2 is 2.09 bits per heavy atom. The Bertz CT molecular complexity index is 177. The third kappa shape index (κ3) is 2.91. The monoisotopic (exact) mass is 176 g/mol. The van der Waals surface area contributed by atoms with E-state index in [9.17, 15) is 4.79 Å². The summed E-state index contributed by atoms with van der Waals surface area (Å²) in [6.07, 6.45) is 0. The summed E-state index contributed by atoms with van der Waals surface area (Å²) in [4.78, 5) is 12.6. The van der Waals surface area contributed by atoms with Crippen LogP contribution in [-0.4, -0.2) is 30.9 Å². The van der Waals surface area contributed by atoms with Crippen molar-refractivity contribution in [2.45, 2.75) is 13.0 Å². The van der Waals surface area contributed by atoms with Gasteiger partial charge in [0.15, 0.2) is 0 Å². The van der Waals surface area contributed by atoms with E-state index >= 15 is 0 Å². The first-order valence-corrected chi connectivity index (χ1v) is 3.70. The second kappa shape index (κ2) is 4.36. The van der Waals surface area contributed by atoms with Crippen molar-refractivity contribution in [3.05, 3.63) is 11.1 Å². The molecule has 1 unspecified atom stereocenters. The highest BCUT2D eigenvalue weighted by molar-refractivity contribution is 6.27. The van der Waals surface area contributed by atoms with Gasteiger partial charge in [-0.05, 0) is 21.0 Å². The number of hydrogen-bond acceptors (Lipinski definition) is 2. The lowest BCUT2D eigenvalue weighted by atomic mass is 10.1. The van der Waals surface area contributed by atoms with Crippen molar-refractivity contribution >= 4 is 17.5 Å². The van der Waals surface area contributed by atoms with Gasteiger partial charge in [0, 0.05) is 17.2 Å². The van der Waals surface area contributed by atoms with Crippen LogP contribution in [0, 0.1) is 0 Å². The summed E-state index contributed by atoms with van der Waals surface area (Å²) in [5.41, 5.74) is 6.72. The third-order valence-electron chi connectivity index (χ3n) is 1.63. The van der Waals surface area contributed by atoms with Crippen LogP contribution in [0.2, 0.25) is 0 Å². The molecular weight excluding hydrogens is 164 g/mol. The van der Waals surface area contributed by atoms with Gasteiger partial charge in [0.25, 0.3) is 0 Å². The average Bonchev–Trinajstić information content (AvgIpc) is 1.88. The van der Waals surface area contributed by atoms with Crippen LogP contribution < -0.4 is 5.73 Å². The fourth-order valence-electron chi connectivity index (χ4n) is 0.629. The summed E-state index contributed by atoms with van der Waals surface area (Å²) in [7, 11) is 3.71. The maximum atomic E-state index is 10.7. The molecule has 0 heterocycles. The molecule has 0 saturated carbocycles. The quantitative estimate of drug-likeness (QED) is 0.639. The maximum absolute atomic E-state index is 10.7. The van der Waals surface area contributed by atoms with Crippen molar-refractivity contribution in [1.82, 2.24) is 4.90 Å². The van der Waals surface area contributed by atoms with Crippen molar-refractivity contribution in [2.24, 2.45) is 5.73 Å². The lowest BCUT2D eigenvalue weighted by Gasteiger charge is -2.19. The number of carbonyl (C=O) groups excluding carboxylic acids is 1. The van der Waals surface area contributed by atoms with Gasteiger partial charge in [0.2, 0.25) is 5.91 Å². The molecule has 2 N–H and O–H groups in total. The molecule has 0 radical (unpaired) electrons. The van der Waals surface area contributed by atoms with Crippen LogP contribution in [0.25, 0.3) is 0 Å². The first kappa shape index (κ1) is 10.5. The lowest BCUT2D eigenvalue weighted by molar-refractivity contribution is -0.115. The molecule has 0 aliphatic carbocycles. The van der Waals surface area contributed by atoms with E-state index in [-0.39, 0.29) is 6.04 Å². The molecule has 0 aliphatic heterocycles. The van der Waals surface area contributed by atoms with Crippen LogP contribution in [0.1, 0.15) is 6.92 Å². The number of halogens is 1. The molecule has 0 spiro atoms. The van der Waals surface area contributed by atoms with Gasteiger partial charge in [-0.3, -0.25) is 4.79 Å². The van der Waals surface area contributed by atoms with Crippen LogP contribution in [0.5, 0.6) is 0 Å². The predicted octanol–water partition coefficient (Wildman–Crippen LogP) is 0.545. The topological polar surface area (TPSA) is 46.3 Å². The van der Waals surface area contributed by atoms with E-state index in [2.05, 4.69) is 0 Å². The van der Waals surface area contributed by atoms with E-state index in [1.54, 1.807) is 0 Å². The van der Waals surface area contributed by atoms with Crippen LogP contribution in [-0.2, 0) is 4.79 Å². The van der Waals surface area contributed by atoms with Crippen LogP contribution >= 0.6 is 11.6 Å². The average molecular weight is 177 g/mol. The zero-order chi connectivity index (χ0) is 9.02. The highest BCUT2D eigenvalue weighted by Gasteiger charge is 2.14. The Labute approximate surface area is 71.8 Å². The second-order valence-electron chi connectivity index (χ2n) is 2.57. The van der Waals surface area contributed by atoms with Crippen LogP contribution in [0.4, 0.5) is 0 Å². The van der Waals surface area contributed by atoms with Crippen molar-refractivity contribution in [3.8, 4) is 0 Å². The standard InChI is InChI=1S/C7H13ClN2O/c1-5(10(2)3)6(4-8)7(9)11/h4-5H,1-3H3,(H2,9,11)/b6-4-. The largest absolute Gasteiger partial charge is 0.366 e. The fraction of sp³-hybridized carbons (Fsp3) is 0.571. The number of nitrogens with two attached hydrogens (primary N) is 1. The van der Waals surface area contributed by atoms with Crippen molar-refractivity contribution in [1.29, 1.82) is 0 Å². The molecule has 64 valence electrons. The van der Waals surface area contributed by atoms with E-state index < -0.39 is 5.91 Å². The van der Waals surface area contributed by atoms with Gasteiger partial charge in [0.05, 0.1) is 0 Å². The Morgan fingerprint density at radius 3 is 2.18 bits per heavy atom. The Morgan fingerprint density at radius 1 is 1.64 bits per heavy atom. The van der Waals surface area contributed by atoms with E-state index in [1.807, 2.05) is 25.9 Å². The van der Waals surface area contributed by atoms with Crippen molar-refractivity contribution < 1.29 is 4.79 Å². The summed E-state index contributed by atoms with van der Waals surface area (Å²) in [6.45, 7) is 1.86. The molecule has 1 amide bonds. The molecular formula is C7H13ClN2O. The van der Waals surface area contributed by atoms with Gasteiger partial charge >= 0.3 is 0 Å². The molecule has 1 atom stereocenters. The number of hydrogen-bond donors (Lipinski definition) is 1. The summed E-state index contributed by atoms with van der Waals surface area (Å²) in [5, 5.41) is 0. The maximum Gasteiger partial charge on any atom is 0.247 e. The normalized spacial score (nSPS) is 15.2. The number of rotatable bonds is 3. The predicted molar refractivity (Wildman–Crippen MR) is 46.3 cm³/mol. The SMILES string of the molecule is CC(/C(=C/Cl)C(N)=O)N(C)C. The van der Waals surface area contributed by atoms with E-state index in [0.29, 0.717) is 5.57 Å². The lowest BCUT2D eigenvalue weighted by Crippen LogP contribution is -2.32. The molecule has 0 aliphatic rings. The summed E-state index contributed by atoms with van der Waals surface area (Å²) >= 11 is 5.41. The van der Waals surface area contributed by atoms with Gasteiger partial charge in [-0.25, -0.2) is 0 Å². The number of likely N-dealkylation sites (N-methyl/N-ethyl adjacent to an activating group) is 1. The fourth-order valence-corrected chi connectivity index (χ4v) is 0.919. The van der Waals surface area contributed by atoms with Gasteiger partial charge in [-0.1, -0.05) is 11.6 Å². The zero-order valence-corrected chi connectivity index (χ0v) is 7.72. The molecule has 0 bridgehead atoms. The molecule has 4 heteroatoms. The van der Waals surface area contributed by atoms with Gasteiger partial charge in [-0.15, -0.1) is 0 Å². The zero-order valence-electron chi connectivity index (χ0n) is 6.97. The van der Waals surface area contributed by atoms with Crippen LogP contribution in [0.3, 0.4) is 0 Å². The van der Waals surface area contributed by atoms with Gasteiger partial charge in [0.1, 0.15) is 0 Å². The summed E-state index contributed by atoms with van der Waals surface area (Å²) < 4.78 is 0. The Balaban J connectivity index is 4.41. The number of nitrogens with zero attached hydrogens (tertiary/aromatic N) is 1. The minimum atomic E-state index is -0.471. The third-order valence-corrected chi connectivity index (χ3v) is 1.86. The van der Waals surface area contributed by atoms with Crippen molar-refractivity contribution in [3.63, 3.8) is 0 Å². The minimum Gasteiger partial charge on any atom is -0.366 e. The Hall–Kier alpha value is -0.540. The molecule has 0 aromatic heterocycles. The molecule has 0 fully saturated rings. The molecule has 0 rings (SSSR count). The molecule has 0 aromatic carbocycles. The first-order chi connectivity index (χ1) is 5.00. The van der Waals surface area contributed by atoms with E-state index in [1.165, 1.54) is 5.54 Å². The smallest absolute Gasteiger partial charge is 0.247 e. The highest BCUT2D eigenvalue weighted by Crippen LogP contribution is 2.07. The van der Waals surface area contributed by atoms with Gasteiger partial charge < -0.3 is 10.6 Å². The molecule has 11 heavy (non-hydrogen) atoms. The van der Waals surface area contributed by atoms with Crippen molar-refractivity contribution in [2.75, 3.05) is 14.1 Å². The molecule has 3 nitrogen and oxygen atoms in total. The number of carbonyl (C=O) groups is 1. The first-order valence-electron chi connectivity index (χ1n) is 3.27. The summed E-state index contributed by atoms with van der Waals surface area (Å²) in [6, 6.07) is -0.0370. The molecule has 0 aromatic rings. The van der Waals surface area contributed by atoms with E-state index in [0.717, 1.165) is 0 Å². The van der Waals surface area contributed by atoms with Gasteiger partial charge in [-0.2, -0.15) is 0 Å². The number of amides is 1. The highest BCUT2D eigenvalue weighted by atomic mass is 35.5. The summed E-state index contributed by atoms with van der Waals surface area (Å²) in [5.74, 6) is -0.471.